The van der Waals surface area contributed by atoms with E-state index in [1.165, 1.54) is 18.9 Å². The van der Waals surface area contributed by atoms with Gasteiger partial charge in [0, 0.05) is 12.2 Å². The van der Waals surface area contributed by atoms with Crippen molar-refractivity contribution in [3.63, 3.8) is 0 Å². The summed E-state index contributed by atoms with van der Waals surface area (Å²) in [5.41, 5.74) is 0. The predicted molar refractivity (Wildman–Crippen MR) is 44.9 cm³/mol. The van der Waals surface area contributed by atoms with Gasteiger partial charge in [-0.25, -0.2) is 0 Å². The Kier molecular flexibility index (Phi) is 1.94. The lowest BCUT2D eigenvalue weighted by molar-refractivity contribution is -0.113. The van der Waals surface area contributed by atoms with Crippen LogP contribution in [0.2, 0.25) is 0 Å². The minimum atomic E-state index is -0.206. The molecule has 0 radical (unpaired) electrons. The monoisotopic (exact) mass is 165 g/mol. The first-order valence-electron chi connectivity index (χ1n) is 4.32. The average Bonchev–Trinajstić information content (AvgIpc) is 2.63. The van der Waals surface area contributed by atoms with Crippen LogP contribution in [0.4, 0.5) is 0 Å². The third kappa shape index (κ3) is 1.55. The molecule has 1 saturated carbocycles. The van der Waals surface area contributed by atoms with Crippen LogP contribution in [-0.4, -0.2) is 17.9 Å². The summed E-state index contributed by atoms with van der Waals surface area (Å²) in [6.07, 6.45) is 8.03. The van der Waals surface area contributed by atoms with Gasteiger partial charge in [-0.3, -0.25) is 4.79 Å². The van der Waals surface area contributed by atoms with Crippen LogP contribution in [0.1, 0.15) is 25.7 Å². The van der Waals surface area contributed by atoms with Gasteiger partial charge >= 0.3 is 0 Å². The highest BCUT2D eigenvalue weighted by Crippen LogP contribution is 2.21. The normalized spacial score (nSPS) is 23.3. The lowest BCUT2D eigenvalue weighted by Gasteiger charge is -2.10. The Morgan fingerprint density at radius 1 is 1.33 bits per heavy atom. The molecule has 0 spiro atoms. The topological polar surface area (TPSA) is 38.7 Å². The van der Waals surface area contributed by atoms with E-state index in [-0.39, 0.29) is 5.91 Å². The second kappa shape index (κ2) is 3.09. The van der Waals surface area contributed by atoms with Crippen LogP contribution in [0.5, 0.6) is 0 Å². The summed E-state index contributed by atoms with van der Waals surface area (Å²) in [4.78, 5) is 14.4. The first-order chi connectivity index (χ1) is 5.84. The molecule has 1 fully saturated rings. The lowest BCUT2D eigenvalue weighted by atomic mass is 10.3. The SMILES string of the molecule is O=C1C=CC(OC2CCCC2)=N1. The number of rotatable bonds is 1. The van der Waals surface area contributed by atoms with Crippen LogP contribution in [-0.2, 0) is 9.53 Å². The van der Waals surface area contributed by atoms with Crippen LogP contribution in [0.25, 0.3) is 0 Å². The van der Waals surface area contributed by atoms with Crippen molar-refractivity contribution in [2.45, 2.75) is 31.8 Å². The summed E-state index contributed by atoms with van der Waals surface area (Å²) in [5.74, 6) is 0.287. The molecule has 0 N–H and O–H groups in total. The molecule has 12 heavy (non-hydrogen) atoms. The van der Waals surface area contributed by atoms with Crippen molar-refractivity contribution in [3.8, 4) is 0 Å². The molecule has 1 aliphatic heterocycles. The highest BCUT2D eigenvalue weighted by Gasteiger charge is 2.19. The molecular formula is C9H11NO2. The van der Waals surface area contributed by atoms with E-state index in [0.29, 0.717) is 12.0 Å². The fourth-order valence-electron chi connectivity index (χ4n) is 1.57. The Hall–Kier alpha value is -1.12. The van der Waals surface area contributed by atoms with Gasteiger partial charge in [-0.1, -0.05) is 0 Å². The molecule has 3 heteroatoms. The van der Waals surface area contributed by atoms with E-state index in [2.05, 4.69) is 4.99 Å². The second-order valence-electron chi connectivity index (χ2n) is 3.15. The molecule has 0 unspecified atom stereocenters. The van der Waals surface area contributed by atoms with Gasteiger partial charge in [-0.05, 0) is 25.7 Å². The summed E-state index contributed by atoms with van der Waals surface area (Å²) in [6, 6.07) is 0. The molecule has 0 aromatic carbocycles. The predicted octanol–water partition coefficient (Wildman–Crippen LogP) is 1.44. The first kappa shape index (κ1) is 7.53. The maximum absolute atomic E-state index is 10.7. The molecule has 1 heterocycles. The number of carbonyl (C=O) groups excluding carboxylic acids is 1. The van der Waals surface area contributed by atoms with Crippen LogP contribution in [0.3, 0.4) is 0 Å². The molecule has 3 nitrogen and oxygen atoms in total. The number of nitrogens with zero attached hydrogens (tertiary/aromatic N) is 1. The standard InChI is InChI=1S/C9H11NO2/c11-8-5-6-9(10-8)12-7-3-1-2-4-7/h5-7H,1-4H2. The van der Waals surface area contributed by atoms with Gasteiger partial charge in [0.05, 0.1) is 0 Å². The highest BCUT2D eigenvalue weighted by molar-refractivity contribution is 6.09. The Labute approximate surface area is 71.1 Å². The summed E-state index contributed by atoms with van der Waals surface area (Å²) in [5, 5.41) is 0. The maximum atomic E-state index is 10.7. The highest BCUT2D eigenvalue weighted by atomic mass is 16.5. The third-order valence-corrected chi connectivity index (χ3v) is 2.18. The molecular weight excluding hydrogens is 154 g/mol. The van der Waals surface area contributed by atoms with Gasteiger partial charge < -0.3 is 4.74 Å². The molecule has 64 valence electrons. The Morgan fingerprint density at radius 2 is 2.08 bits per heavy atom. The molecule has 0 aromatic heterocycles. The Bertz CT molecular complexity index is 249. The van der Waals surface area contributed by atoms with E-state index in [4.69, 9.17) is 4.74 Å². The summed E-state index contributed by atoms with van der Waals surface area (Å²) < 4.78 is 5.48. The van der Waals surface area contributed by atoms with Gasteiger partial charge in [0.15, 0.2) is 0 Å². The lowest BCUT2D eigenvalue weighted by Crippen LogP contribution is -2.11. The molecule has 2 aliphatic rings. The van der Waals surface area contributed by atoms with E-state index < -0.39 is 0 Å². The summed E-state index contributed by atoms with van der Waals surface area (Å²) in [6.45, 7) is 0. The van der Waals surface area contributed by atoms with E-state index in [9.17, 15) is 4.79 Å². The zero-order chi connectivity index (χ0) is 8.39. The maximum Gasteiger partial charge on any atom is 0.273 e. The molecule has 0 aromatic rings. The molecule has 1 aliphatic carbocycles. The van der Waals surface area contributed by atoms with E-state index in [1.54, 1.807) is 6.08 Å². The molecule has 0 bridgehead atoms. The average molecular weight is 165 g/mol. The van der Waals surface area contributed by atoms with Crippen molar-refractivity contribution < 1.29 is 9.53 Å². The van der Waals surface area contributed by atoms with Gasteiger partial charge in [-0.15, -0.1) is 0 Å². The smallest absolute Gasteiger partial charge is 0.273 e. The molecule has 2 rings (SSSR count). The van der Waals surface area contributed by atoms with Crippen molar-refractivity contribution in [1.29, 1.82) is 0 Å². The van der Waals surface area contributed by atoms with Crippen LogP contribution in [0.15, 0.2) is 17.1 Å². The van der Waals surface area contributed by atoms with E-state index in [0.717, 1.165) is 12.8 Å². The van der Waals surface area contributed by atoms with Crippen LogP contribution in [0, 0.1) is 0 Å². The number of hydrogen-bond acceptors (Lipinski definition) is 2. The number of hydrogen-bond donors (Lipinski definition) is 0. The minimum Gasteiger partial charge on any atom is -0.474 e. The fourth-order valence-corrected chi connectivity index (χ4v) is 1.57. The Balaban J connectivity index is 1.91. The fraction of sp³-hybridized carbons (Fsp3) is 0.556. The van der Waals surface area contributed by atoms with Crippen molar-refractivity contribution in [2.75, 3.05) is 0 Å². The zero-order valence-electron chi connectivity index (χ0n) is 6.82. The number of ether oxygens (including phenoxy) is 1. The summed E-state index contributed by atoms with van der Waals surface area (Å²) >= 11 is 0. The van der Waals surface area contributed by atoms with Crippen LogP contribution >= 0.6 is 0 Å². The third-order valence-electron chi connectivity index (χ3n) is 2.18. The van der Waals surface area contributed by atoms with Gasteiger partial charge in [0.2, 0.25) is 5.90 Å². The molecule has 0 saturated heterocycles. The van der Waals surface area contributed by atoms with Gasteiger partial charge in [-0.2, -0.15) is 4.99 Å². The van der Waals surface area contributed by atoms with E-state index >= 15 is 0 Å². The van der Waals surface area contributed by atoms with E-state index in [1.807, 2.05) is 0 Å². The number of carbonyl (C=O) groups is 1. The number of amides is 1. The first-order valence-corrected chi connectivity index (χ1v) is 4.32. The van der Waals surface area contributed by atoms with Crippen molar-refractivity contribution in [1.82, 2.24) is 0 Å². The van der Waals surface area contributed by atoms with Crippen LogP contribution < -0.4 is 0 Å². The quantitative estimate of drug-likeness (QED) is 0.589. The van der Waals surface area contributed by atoms with Crippen molar-refractivity contribution in [3.05, 3.63) is 12.2 Å². The minimum absolute atomic E-state index is 0.206. The van der Waals surface area contributed by atoms with Gasteiger partial charge in [0.25, 0.3) is 5.91 Å². The molecule has 1 amide bonds. The van der Waals surface area contributed by atoms with Crippen molar-refractivity contribution in [2.24, 2.45) is 4.99 Å². The second-order valence-corrected chi connectivity index (χ2v) is 3.15. The zero-order valence-corrected chi connectivity index (χ0v) is 6.82. The largest absolute Gasteiger partial charge is 0.474 e. The van der Waals surface area contributed by atoms with Crippen molar-refractivity contribution >= 4 is 11.8 Å². The molecule has 0 atom stereocenters. The Morgan fingerprint density at radius 3 is 2.67 bits per heavy atom. The number of aliphatic imine (C=N–C) groups is 1. The van der Waals surface area contributed by atoms with Gasteiger partial charge in [0.1, 0.15) is 6.10 Å². The summed E-state index contributed by atoms with van der Waals surface area (Å²) in [7, 11) is 0.